The fourth-order valence-electron chi connectivity index (χ4n) is 0.434. The summed E-state index contributed by atoms with van der Waals surface area (Å²) in [6.07, 6.45) is -6.61. The lowest BCUT2D eigenvalue weighted by Crippen LogP contribution is -2.24. The Bertz CT molecular complexity index is 128. The fourth-order valence-corrected chi connectivity index (χ4v) is 0.836. The molecule has 0 amide bonds. The number of rotatable bonds is 4. The van der Waals surface area contributed by atoms with E-state index in [0.717, 1.165) is 0 Å². The summed E-state index contributed by atoms with van der Waals surface area (Å²) in [5.41, 5.74) is 0. The van der Waals surface area contributed by atoms with Gasteiger partial charge in [0.1, 0.15) is 0 Å². The van der Waals surface area contributed by atoms with Crippen LogP contribution in [0.3, 0.4) is 0 Å². The third kappa shape index (κ3) is 6.75. The van der Waals surface area contributed by atoms with Crippen LogP contribution in [-0.4, -0.2) is 22.4 Å². The lowest BCUT2D eigenvalue weighted by atomic mass is 10.5. The molecule has 4 nitrogen and oxygen atoms in total. The second kappa shape index (κ2) is 4.94. The van der Waals surface area contributed by atoms with Crippen LogP contribution in [0, 0.1) is 0 Å². The average Bonchev–Trinajstić information content (AvgIpc) is 1.82. The Morgan fingerprint density at radius 3 is 2.17 bits per heavy atom. The Kier molecular flexibility index (Phi) is 4.96. The summed E-state index contributed by atoms with van der Waals surface area (Å²) < 4.78 is 41.8. The number of alkyl halides is 3. The van der Waals surface area contributed by atoms with E-state index in [1.807, 2.05) is 0 Å². The van der Waals surface area contributed by atoms with Crippen molar-refractivity contribution in [3.63, 3.8) is 0 Å². The first-order chi connectivity index (χ1) is 5.35. The van der Waals surface area contributed by atoms with Crippen LogP contribution in [0.2, 0.25) is 0 Å². The summed E-state index contributed by atoms with van der Waals surface area (Å²) in [6.45, 7) is 1.36. The average molecular weight is 208 g/mol. The van der Waals surface area contributed by atoms with Crippen LogP contribution in [0.1, 0.15) is 13.3 Å². The van der Waals surface area contributed by atoms with Gasteiger partial charge in [0.15, 0.2) is 6.29 Å². The summed E-state index contributed by atoms with van der Waals surface area (Å²) >= 11 is 0. The fraction of sp³-hybridized carbons (Fsp3) is 1.00. The highest BCUT2D eigenvalue weighted by atomic mass is 31.2. The molecule has 0 aliphatic rings. The molecule has 0 aliphatic heterocycles. The molecule has 0 aromatic carbocycles. The van der Waals surface area contributed by atoms with Gasteiger partial charge < -0.3 is 9.79 Å². The first-order valence-corrected chi connectivity index (χ1v) is 4.11. The molecule has 0 aromatic rings. The van der Waals surface area contributed by atoms with E-state index in [0.29, 0.717) is 0 Å². The van der Waals surface area contributed by atoms with Crippen LogP contribution in [-0.2, 0) is 9.26 Å². The molecule has 0 heterocycles. The first-order valence-electron chi connectivity index (χ1n) is 2.94. The molecule has 1 unspecified atom stereocenters. The third-order valence-electron chi connectivity index (χ3n) is 0.810. The van der Waals surface area contributed by atoms with Gasteiger partial charge in [-0.1, -0.05) is 6.92 Å². The first kappa shape index (κ1) is 12.1. The van der Waals surface area contributed by atoms with Crippen molar-refractivity contribution >= 4 is 8.60 Å². The lowest BCUT2D eigenvalue weighted by Gasteiger charge is -2.17. The second-order valence-electron chi connectivity index (χ2n) is 1.76. The minimum Gasteiger partial charge on any atom is -0.328 e. The molecule has 1 atom stereocenters. The standard InChI is InChI=1S/C4H8F3O4P/c1-2-3(11-12(8)9)10-4(5,6)7/h3,8-9H,2H2,1H3. The number of hydrogen-bond acceptors (Lipinski definition) is 4. The summed E-state index contributed by atoms with van der Waals surface area (Å²) in [5, 5.41) is 0. The van der Waals surface area contributed by atoms with Crippen LogP contribution in [0.4, 0.5) is 13.2 Å². The number of hydrogen-bond donors (Lipinski definition) is 2. The van der Waals surface area contributed by atoms with E-state index in [1.54, 1.807) is 0 Å². The molecule has 0 aromatic heterocycles. The Hall–Kier alpha value is 0.0600. The van der Waals surface area contributed by atoms with E-state index < -0.39 is 21.3 Å². The smallest absolute Gasteiger partial charge is 0.328 e. The minimum atomic E-state index is -4.83. The van der Waals surface area contributed by atoms with Crippen molar-refractivity contribution in [2.45, 2.75) is 26.0 Å². The van der Waals surface area contributed by atoms with E-state index in [2.05, 4.69) is 9.26 Å². The molecule has 0 rings (SSSR count). The van der Waals surface area contributed by atoms with Crippen LogP contribution in [0.15, 0.2) is 0 Å². The predicted octanol–water partition coefficient (Wildman–Crippen LogP) is 1.49. The Morgan fingerprint density at radius 2 is 1.92 bits per heavy atom. The molecule has 74 valence electrons. The highest BCUT2D eigenvalue weighted by Gasteiger charge is 2.34. The summed E-state index contributed by atoms with van der Waals surface area (Å²) in [5.74, 6) is 0. The molecule has 0 fully saturated rings. The molecular weight excluding hydrogens is 200 g/mol. The molecule has 0 saturated heterocycles. The van der Waals surface area contributed by atoms with E-state index in [4.69, 9.17) is 9.79 Å². The van der Waals surface area contributed by atoms with Crippen LogP contribution in [0.5, 0.6) is 0 Å². The molecular formula is C4H8F3O4P. The lowest BCUT2D eigenvalue weighted by molar-refractivity contribution is -0.368. The zero-order chi connectivity index (χ0) is 9.78. The molecule has 0 aliphatic carbocycles. The van der Waals surface area contributed by atoms with Gasteiger partial charge in [-0.05, 0) is 6.42 Å². The maximum Gasteiger partial charge on any atom is 0.524 e. The van der Waals surface area contributed by atoms with Gasteiger partial charge in [-0.15, -0.1) is 13.2 Å². The Morgan fingerprint density at radius 1 is 1.42 bits per heavy atom. The van der Waals surface area contributed by atoms with Crippen molar-refractivity contribution in [3.8, 4) is 0 Å². The highest BCUT2D eigenvalue weighted by molar-refractivity contribution is 7.39. The van der Waals surface area contributed by atoms with Crippen molar-refractivity contribution in [2.75, 3.05) is 0 Å². The van der Waals surface area contributed by atoms with Crippen molar-refractivity contribution in [2.24, 2.45) is 0 Å². The SMILES string of the molecule is CCC(OP(O)O)OC(F)(F)F. The largest absolute Gasteiger partial charge is 0.524 e. The maximum atomic E-state index is 11.5. The molecule has 0 radical (unpaired) electrons. The van der Waals surface area contributed by atoms with Gasteiger partial charge in [-0.2, -0.15) is 0 Å². The normalized spacial score (nSPS) is 15.2. The van der Waals surface area contributed by atoms with Gasteiger partial charge in [0.2, 0.25) is 0 Å². The van der Waals surface area contributed by atoms with Crippen LogP contribution in [0.25, 0.3) is 0 Å². The van der Waals surface area contributed by atoms with Gasteiger partial charge in [0.25, 0.3) is 0 Å². The Labute approximate surface area is 67.9 Å². The molecule has 0 saturated carbocycles. The minimum absolute atomic E-state index is 0.126. The predicted molar refractivity (Wildman–Crippen MR) is 33.7 cm³/mol. The maximum absolute atomic E-state index is 11.5. The van der Waals surface area contributed by atoms with Crippen LogP contribution < -0.4 is 0 Å². The number of halogens is 3. The molecule has 12 heavy (non-hydrogen) atoms. The van der Waals surface area contributed by atoms with E-state index >= 15 is 0 Å². The zero-order valence-electron chi connectivity index (χ0n) is 6.08. The van der Waals surface area contributed by atoms with Crippen molar-refractivity contribution in [1.29, 1.82) is 0 Å². The number of ether oxygens (including phenoxy) is 1. The second-order valence-corrected chi connectivity index (χ2v) is 2.48. The quantitative estimate of drug-likeness (QED) is 0.542. The van der Waals surface area contributed by atoms with Gasteiger partial charge in [-0.3, -0.25) is 9.26 Å². The van der Waals surface area contributed by atoms with Crippen molar-refractivity contribution in [1.82, 2.24) is 0 Å². The van der Waals surface area contributed by atoms with E-state index in [9.17, 15) is 13.2 Å². The monoisotopic (exact) mass is 208 g/mol. The van der Waals surface area contributed by atoms with Gasteiger partial charge in [0.05, 0.1) is 0 Å². The van der Waals surface area contributed by atoms with Gasteiger partial charge >= 0.3 is 15.0 Å². The van der Waals surface area contributed by atoms with Gasteiger partial charge in [-0.25, -0.2) is 0 Å². The highest BCUT2D eigenvalue weighted by Crippen LogP contribution is 2.31. The molecule has 0 spiro atoms. The molecule has 0 bridgehead atoms. The van der Waals surface area contributed by atoms with E-state index in [-0.39, 0.29) is 6.42 Å². The summed E-state index contributed by atoms with van der Waals surface area (Å²) in [7, 11) is -2.82. The van der Waals surface area contributed by atoms with Crippen LogP contribution >= 0.6 is 8.60 Å². The Balaban J connectivity index is 3.83. The topological polar surface area (TPSA) is 58.9 Å². The summed E-state index contributed by atoms with van der Waals surface area (Å²) in [6, 6.07) is 0. The van der Waals surface area contributed by atoms with Crippen molar-refractivity contribution in [3.05, 3.63) is 0 Å². The molecule has 2 N–H and O–H groups in total. The van der Waals surface area contributed by atoms with Gasteiger partial charge in [0, 0.05) is 0 Å². The van der Waals surface area contributed by atoms with Crippen molar-refractivity contribution < 1.29 is 32.2 Å². The molecule has 8 heteroatoms. The van der Waals surface area contributed by atoms with E-state index in [1.165, 1.54) is 6.92 Å². The zero-order valence-corrected chi connectivity index (χ0v) is 6.97. The third-order valence-corrected chi connectivity index (χ3v) is 1.23. The summed E-state index contributed by atoms with van der Waals surface area (Å²) in [4.78, 5) is 16.4.